The van der Waals surface area contributed by atoms with Crippen molar-refractivity contribution >= 4 is 11.4 Å². The second-order valence-corrected chi connectivity index (χ2v) is 4.81. The fraction of sp³-hybridized carbons (Fsp3) is 0.600. The van der Waals surface area contributed by atoms with Gasteiger partial charge in [-0.15, -0.1) is 0 Å². The number of nitrogen functional groups attached to an aromatic ring is 1. The molecular formula is C15H25FN2O. The zero-order chi connectivity index (χ0) is 14.4. The van der Waals surface area contributed by atoms with E-state index in [4.69, 9.17) is 10.5 Å². The molecule has 19 heavy (non-hydrogen) atoms. The van der Waals surface area contributed by atoms with Crippen LogP contribution in [0.4, 0.5) is 15.8 Å². The lowest BCUT2D eigenvalue weighted by Crippen LogP contribution is -2.25. The fourth-order valence-electron chi connectivity index (χ4n) is 2.32. The van der Waals surface area contributed by atoms with Crippen LogP contribution in [-0.2, 0) is 0 Å². The van der Waals surface area contributed by atoms with Crippen LogP contribution in [0.1, 0.15) is 40.5 Å². The number of rotatable bonds is 7. The lowest BCUT2D eigenvalue weighted by molar-refractivity contribution is 0.322. The minimum atomic E-state index is -0.417. The molecule has 1 atom stereocenters. The van der Waals surface area contributed by atoms with Gasteiger partial charge in [-0.2, -0.15) is 0 Å². The zero-order valence-electron chi connectivity index (χ0n) is 12.3. The van der Waals surface area contributed by atoms with Gasteiger partial charge in [-0.1, -0.05) is 26.7 Å². The van der Waals surface area contributed by atoms with Gasteiger partial charge in [0.25, 0.3) is 0 Å². The predicted octanol–water partition coefficient (Wildman–Crippen LogP) is 4.04. The molecule has 0 aliphatic carbocycles. The van der Waals surface area contributed by atoms with Gasteiger partial charge >= 0.3 is 0 Å². The number of benzene rings is 1. The average Bonchev–Trinajstić information content (AvgIpc) is 2.37. The SMILES string of the molecule is CCOc1cc(NC(C)C(CC)CC)c(N)cc1F. The van der Waals surface area contributed by atoms with Crippen LogP contribution < -0.4 is 15.8 Å². The van der Waals surface area contributed by atoms with Gasteiger partial charge in [0.05, 0.1) is 18.0 Å². The molecule has 0 fully saturated rings. The molecule has 0 bridgehead atoms. The molecule has 1 rings (SSSR count). The van der Waals surface area contributed by atoms with Crippen LogP contribution in [0, 0.1) is 11.7 Å². The second kappa shape index (κ2) is 7.22. The summed E-state index contributed by atoms with van der Waals surface area (Å²) in [4.78, 5) is 0. The predicted molar refractivity (Wildman–Crippen MR) is 79.1 cm³/mol. The average molecular weight is 268 g/mol. The highest BCUT2D eigenvalue weighted by Crippen LogP contribution is 2.30. The molecule has 0 aliphatic heterocycles. The van der Waals surface area contributed by atoms with Gasteiger partial charge in [0, 0.05) is 18.2 Å². The summed E-state index contributed by atoms with van der Waals surface area (Å²) in [6, 6.07) is 3.25. The lowest BCUT2D eigenvalue weighted by Gasteiger charge is -2.24. The maximum absolute atomic E-state index is 13.6. The van der Waals surface area contributed by atoms with Crippen molar-refractivity contribution in [2.75, 3.05) is 17.7 Å². The van der Waals surface area contributed by atoms with Gasteiger partial charge in [0.15, 0.2) is 11.6 Å². The molecule has 0 saturated carbocycles. The Morgan fingerprint density at radius 2 is 1.89 bits per heavy atom. The van der Waals surface area contributed by atoms with Crippen molar-refractivity contribution in [3.05, 3.63) is 17.9 Å². The smallest absolute Gasteiger partial charge is 0.167 e. The number of ether oxygens (including phenoxy) is 1. The summed E-state index contributed by atoms with van der Waals surface area (Å²) >= 11 is 0. The van der Waals surface area contributed by atoms with Crippen LogP contribution in [-0.4, -0.2) is 12.6 Å². The van der Waals surface area contributed by atoms with E-state index in [9.17, 15) is 4.39 Å². The molecule has 1 aromatic carbocycles. The highest BCUT2D eigenvalue weighted by Gasteiger charge is 2.16. The number of halogens is 1. The van der Waals surface area contributed by atoms with Crippen LogP contribution in [0.3, 0.4) is 0 Å². The third-order valence-corrected chi connectivity index (χ3v) is 3.54. The topological polar surface area (TPSA) is 47.3 Å². The van der Waals surface area contributed by atoms with Gasteiger partial charge in [-0.25, -0.2) is 4.39 Å². The van der Waals surface area contributed by atoms with E-state index in [1.165, 1.54) is 6.07 Å². The van der Waals surface area contributed by atoms with Crippen molar-refractivity contribution < 1.29 is 9.13 Å². The molecule has 3 N–H and O–H groups in total. The normalized spacial score (nSPS) is 12.5. The minimum absolute atomic E-state index is 0.246. The molecule has 1 unspecified atom stereocenters. The van der Waals surface area contributed by atoms with Gasteiger partial charge < -0.3 is 15.8 Å². The summed E-state index contributed by atoms with van der Waals surface area (Å²) in [6.07, 6.45) is 2.20. The van der Waals surface area contributed by atoms with Gasteiger partial charge in [-0.05, 0) is 19.8 Å². The molecule has 0 radical (unpaired) electrons. The molecule has 0 amide bonds. The quantitative estimate of drug-likeness (QED) is 0.734. The highest BCUT2D eigenvalue weighted by molar-refractivity contribution is 5.69. The van der Waals surface area contributed by atoms with Crippen molar-refractivity contribution in [3.63, 3.8) is 0 Å². The third-order valence-electron chi connectivity index (χ3n) is 3.54. The first kappa shape index (κ1) is 15.6. The number of hydrogen-bond acceptors (Lipinski definition) is 3. The number of hydrogen-bond donors (Lipinski definition) is 2. The van der Waals surface area contributed by atoms with Crippen molar-refractivity contribution in [2.45, 2.75) is 46.6 Å². The van der Waals surface area contributed by atoms with Crippen molar-refractivity contribution in [2.24, 2.45) is 5.92 Å². The monoisotopic (exact) mass is 268 g/mol. The fourth-order valence-corrected chi connectivity index (χ4v) is 2.32. The molecule has 0 aromatic heterocycles. The van der Waals surface area contributed by atoms with E-state index in [0.717, 1.165) is 18.5 Å². The number of nitrogens with two attached hydrogens (primary N) is 1. The Morgan fingerprint density at radius 3 is 2.42 bits per heavy atom. The van der Waals surface area contributed by atoms with Gasteiger partial charge in [-0.3, -0.25) is 0 Å². The highest BCUT2D eigenvalue weighted by atomic mass is 19.1. The van der Waals surface area contributed by atoms with Crippen LogP contribution in [0.15, 0.2) is 12.1 Å². The van der Waals surface area contributed by atoms with Crippen LogP contribution in [0.2, 0.25) is 0 Å². The Bertz CT molecular complexity index is 405. The number of nitrogens with one attached hydrogen (secondary N) is 1. The van der Waals surface area contributed by atoms with Crippen LogP contribution in [0.5, 0.6) is 5.75 Å². The van der Waals surface area contributed by atoms with Gasteiger partial charge in [0.2, 0.25) is 0 Å². The van der Waals surface area contributed by atoms with Crippen LogP contribution in [0.25, 0.3) is 0 Å². The Labute approximate surface area is 115 Å². The maximum atomic E-state index is 13.6. The molecule has 108 valence electrons. The maximum Gasteiger partial charge on any atom is 0.167 e. The molecule has 0 heterocycles. The summed E-state index contributed by atoms with van der Waals surface area (Å²) in [5, 5.41) is 3.37. The molecular weight excluding hydrogens is 243 g/mol. The van der Waals surface area contributed by atoms with Gasteiger partial charge in [0.1, 0.15) is 0 Å². The first-order valence-electron chi connectivity index (χ1n) is 7.01. The Hall–Kier alpha value is -1.45. The van der Waals surface area contributed by atoms with E-state index >= 15 is 0 Å². The van der Waals surface area contributed by atoms with E-state index < -0.39 is 5.82 Å². The lowest BCUT2D eigenvalue weighted by atomic mass is 9.95. The number of anilines is 2. The van der Waals surface area contributed by atoms with Crippen LogP contribution >= 0.6 is 0 Å². The summed E-state index contributed by atoms with van der Waals surface area (Å²) < 4.78 is 18.9. The Morgan fingerprint density at radius 1 is 1.26 bits per heavy atom. The molecule has 0 spiro atoms. The minimum Gasteiger partial charge on any atom is -0.491 e. The first-order valence-corrected chi connectivity index (χ1v) is 7.01. The summed E-state index contributed by atoms with van der Waals surface area (Å²) in [6.45, 7) is 8.73. The molecule has 1 aromatic rings. The molecule has 0 saturated heterocycles. The second-order valence-electron chi connectivity index (χ2n) is 4.81. The largest absolute Gasteiger partial charge is 0.491 e. The van der Waals surface area contributed by atoms with E-state index in [1.807, 2.05) is 6.92 Å². The Kier molecular flexibility index (Phi) is 5.93. The van der Waals surface area contributed by atoms with E-state index in [1.54, 1.807) is 6.07 Å². The van der Waals surface area contributed by atoms with Crippen molar-refractivity contribution in [3.8, 4) is 5.75 Å². The molecule has 0 aliphatic rings. The van der Waals surface area contributed by atoms with E-state index in [2.05, 4.69) is 26.1 Å². The van der Waals surface area contributed by atoms with E-state index in [-0.39, 0.29) is 11.8 Å². The van der Waals surface area contributed by atoms with Crippen molar-refractivity contribution in [1.82, 2.24) is 0 Å². The third kappa shape index (κ3) is 4.01. The van der Waals surface area contributed by atoms with E-state index in [0.29, 0.717) is 18.2 Å². The molecule has 3 nitrogen and oxygen atoms in total. The van der Waals surface area contributed by atoms with Crippen molar-refractivity contribution in [1.29, 1.82) is 0 Å². The summed E-state index contributed by atoms with van der Waals surface area (Å²) in [5.41, 5.74) is 7.02. The summed E-state index contributed by atoms with van der Waals surface area (Å²) in [7, 11) is 0. The molecule has 4 heteroatoms. The Balaban J connectivity index is 2.90. The first-order chi connectivity index (χ1) is 9.03. The summed E-state index contributed by atoms with van der Waals surface area (Å²) in [5.74, 6) is 0.399. The zero-order valence-corrected chi connectivity index (χ0v) is 12.3. The standard InChI is InChI=1S/C15H25FN2O/c1-5-11(6-2)10(4)18-14-9-15(19-7-3)12(16)8-13(14)17/h8-11,18H,5-7,17H2,1-4H3.